The van der Waals surface area contributed by atoms with Crippen molar-refractivity contribution in [2.45, 2.75) is 31.5 Å². The molecule has 2 bridgehead atoms. The number of carboxylic acid groups (broad SMARTS) is 1. The normalized spacial score (nSPS) is 35.4. The molecule has 0 aromatic rings. The van der Waals surface area contributed by atoms with Gasteiger partial charge in [0.05, 0.1) is 18.4 Å². The topological polar surface area (TPSA) is 116 Å². The van der Waals surface area contributed by atoms with Crippen LogP contribution in [0.25, 0.3) is 0 Å². The van der Waals surface area contributed by atoms with Gasteiger partial charge in [0.2, 0.25) is 0 Å². The summed E-state index contributed by atoms with van der Waals surface area (Å²) < 4.78 is 15.4. The molecule has 1 aliphatic heterocycles. The number of ether oxygens (including phenoxy) is 3. The number of carbonyl (C=O) groups is 4. The van der Waals surface area contributed by atoms with E-state index in [1.165, 1.54) is 0 Å². The number of esters is 3. The van der Waals surface area contributed by atoms with Gasteiger partial charge in [-0.1, -0.05) is 6.58 Å². The summed E-state index contributed by atoms with van der Waals surface area (Å²) in [6.07, 6.45) is 0.624. The second kappa shape index (κ2) is 6.26. The zero-order valence-corrected chi connectivity index (χ0v) is 12.9. The first-order valence-corrected chi connectivity index (χ1v) is 7.86. The van der Waals surface area contributed by atoms with Gasteiger partial charge in [-0.2, -0.15) is 0 Å². The van der Waals surface area contributed by atoms with Crippen molar-refractivity contribution in [1.82, 2.24) is 0 Å². The van der Waals surface area contributed by atoms with Gasteiger partial charge >= 0.3 is 23.9 Å². The monoisotopic (exact) mass is 338 g/mol. The number of rotatable bonds is 7. The molecule has 0 amide bonds. The maximum absolute atomic E-state index is 12.0. The quantitative estimate of drug-likeness (QED) is 0.305. The van der Waals surface area contributed by atoms with Crippen LogP contribution in [0, 0.1) is 23.7 Å². The van der Waals surface area contributed by atoms with E-state index in [-0.39, 0.29) is 25.4 Å². The molecule has 0 spiro atoms. The first-order chi connectivity index (χ1) is 11.4. The molecule has 1 heterocycles. The van der Waals surface area contributed by atoms with Gasteiger partial charge in [-0.25, -0.2) is 4.79 Å². The van der Waals surface area contributed by atoms with E-state index in [0.717, 1.165) is 6.08 Å². The van der Waals surface area contributed by atoms with Crippen molar-refractivity contribution in [1.29, 1.82) is 0 Å². The minimum Gasteiger partial charge on any atom is -0.481 e. The second-order valence-electron chi connectivity index (χ2n) is 6.28. The van der Waals surface area contributed by atoms with E-state index in [4.69, 9.17) is 14.2 Å². The number of fused-ring (bicyclic) bond motifs is 1. The highest BCUT2D eigenvalue weighted by Crippen LogP contribution is 2.58. The molecule has 0 radical (unpaired) electrons. The lowest BCUT2D eigenvalue weighted by molar-refractivity contribution is -0.164. The van der Waals surface area contributed by atoms with Crippen LogP contribution in [-0.2, 0) is 33.4 Å². The standard InChI is InChI=1S/C16H18O8/c1-2-9(17)22-5-3-4-10(18)23-13-7-6-8-12(11(7)15(19)20)16(21)24-14(8)13/h2,7-8,11-14H,1,3-6H2,(H,19,20). The molecule has 3 rings (SSSR count). The summed E-state index contributed by atoms with van der Waals surface area (Å²) in [5, 5.41) is 9.37. The minimum atomic E-state index is -1.05. The zero-order valence-electron chi connectivity index (χ0n) is 12.9. The van der Waals surface area contributed by atoms with Gasteiger partial charge in [0.1, 0.15) is 12.2 Å². The van der Waals surface area contributed by atoms with Crippen molar-refractivity contribution in [2.24, 2.45) is 23.7 Å². The van der Waals surface area contributed by atoms with Crippen molar-refractivity contribution in [3.8, 4) is 0 Å². The van der Waals surface area contributed by atoms with Crippen LogP contribution in [0.3, 0.4) is 0 Å². The highest BCUT2D eigenvalue weighted by molar-refractivity contribution is 5.85. The van der Waals surface area contributed by atoms with Crippen LogP contribution in [0.4, 0.5) is 0 Å². The number of carboxylic acids is 1. The highest BCUT2D eigenvalue weighted by Gasteiger charge is 2.69. The van der Waals surface area contributed by atoms with Crippen LogP contribution in [-0.4, -0.2) is 47.8 Å². The Labute approximate surface area is 137 Å². The molecular weight excluding hydrogens is 320 g/mol. The molecule has 1 N–H and O–H groups in total. The molecule has 130 valence electrons. The third-order valence-corrected chi connectivity index (χ3v) is 5.03. The van der Waals surface area contributed by atoms with Crippen LogP contribution < -0.4 is 0 Å². The predicted molar refractivity (Wildman–Crippen MR) is 76.4 cm³/mol. The molecule has 3 aliphatic rings. The van der Waals surface area contributed by atoms with Gasteiger partial charge in [-0.05, 0) is 12.8 Å². The molecule has 8 heteroatoms. The summed E-state index contributed by atoms with van der Waals surface area (Å²) in [5.74, 6) is -4.70. The summed E-state index contributed by atoms with van der Waals surface area (Å²) in [4.78, 5) is 46.1. The largest absolute Gasteiger partial charge is 0.481 e. The molecule has 2 aliphatic carbocycles. The summed E-state index contributed by atoms with van der Waals surface area (Å²) in [7, 11) is 0. The lowest BCUT2D eigenvalue weighted by atomic mass is 9.78. The van der Waals surface area contributed by atoms with Gasteiger partial charge < -0.3 is 19.3 Å². The molecule has 24 heavy (non-hydrogen) atoms. The number of hydrogen-bond acceptors (Lipinski definition) is 7. The predicted octanol–water partition coefficient (Wildman–Crippen LogP) is 0.300. The fourth-order valence-electron chi connectivity index (χ4n) is 4.14. The van der Waals surface area contributed by atoms with Crippen LogP contribution in [0.2, 0.25) is 0 Å². The van der Waals surface area contributed by atoms with E-state index in [0.29, 0.717) is 6.42 Å². The van der Waals surface area contributed by atoms with Crippen LogP contribution in [0.5, 0.6) is 0 Å². The van der Waals surface area contributed by atoms with Crippen molar-refractivity contribution in [2.75, 3.05) is 6.61 Å². The average molecular weight is 338 g/mol. The fourth-order valence-corrected chi connectivity index (χ4v) is 4.14. The Balaban J connectivity index is 1.55. The maximum Gasteiger partial charge on any atom is 0.330 e. The summed E-state index contributed by atoms with van der Waals surface area (Å²) in [5.41, 5.74) is 0. The van der Waals surface area contributed by atoms with Gasteiger partial charge in [-0.15, -0.1) is 0 Å². The van der Waals surface area contributed by atoms with Gasteiger partial charge in [0.15, 0.2) is 0 Å². The summed E-state index contributed by atoms with van der Waals surface area (Å²) in [6.45, 7) is 3.32. The molecule has 2 saturated carbocycles. The van der Waals surface area contributed by atoms with Crippen molar-refractivity contribution < 1.29 is 38.5 Å². The molecule has 1 saturated heterocycles. The third kappa shape index (κ3) is 2.65. The Bertz CT molecular complexity index is 597. The molecule has 6 atom stereocenters. The maximum atomic E-state index is 12.0. The average Bonchev–Trinajstić information content (AvgIpc) is 3.14. The van der Waals surface area contributed by atoms with E-state index >= 15 is 0 Å². The molecule has 0 aromatic carbocycles. The third-order valence-electron chi connectivity index (χ3n) is 5.03. The van der Waals surface area contributed by atoms with Gasteiger partial charge in [0.25, 0.3) is 0 Å². The van der Waals surface area contributed by atoms with Crippen LogP contribution in [0.15, 0.2) is 12.7 Å². The molecule has 8 nitrogen and oxygen atoms in total. The fraction of sp³-hybridized carbons (Fsp3) is 0.625. The first kappa shape index (κ1) is 16.5. The highest BCUT2D eigenvalue weighted by atomic mass is 16.6. The summed E-state index contributed by atoms with van der Waals surface area (Å²) in [6, 6.07) is 0. The van der Waals surface area contributed by atoms with Crippen LogP contribution in [0.1, 0.15) is 19.3 Å². The second-order valence-corrected chi connectivity index (χ2v) is 6.28. The smallest absolute Gasteiger partial charge is 0.330 e. The van der Waals surface area contributed by atoms with Crippen molar-refractivity contribution >= 4 is 23.9 Å². The molecule has 6 unspecified atom stereocenters. The van der Waals surface area contributed by atoms with E-state index in [1.807, 2.05) is 0 Å². The number of aliphatic carboxylic acids is 1. The Morgan fingerprint density at radius 1 is 1.33 bits per heavy atom. The molecule has 0 aromatic heterocycles. The SMILES string of the molecule is C=CC(=O)OCCCC(=O)OC1C2CC3C1OC(=O)C3C2C(=O)O. The Morgan fingerprint density at radius 2 is 2.08 bits per heavy atom. The van der Waals surface area contributed by atoms with Crippen LogP contribution >= 0.6 is 0 Å². The van der Waals surface area contributed by atoms with E-state index in [9.17, 15) is 24.3 Å². The number of carbonyl (C=O) groups excluding carboxylic acids is 3. The minimum absolute atomic E-state index is 0.0279. The lowest BCUT2D eigenvalue weighted by Crippen LogP contribution is -2.43. The molecule has 3 fully saturated rings. The molecular formula is C16H18O8. The Morgan fingerprint density at radius 3 is 2.75 bits per heavy atom. The van der Waals surface area contributed by atoms with E-state index < -0.39 is 53.8 Å². The Kier molecular flexibility index (Phi) is 4.29. The Hall–Kier alpha value is -2.38. The van der Waals surface area contributed by atoms with E-state index in [2.05, 4.69) is 6.58 Å². The number of hydrogen-bond donors (Lipinski definition) is 1. The van der Waals surface area contributed by atoms with Gasteiger partial charge in [-0.3, -0.25) is 14.4 Å². The van der Waals surface area contributed by atoms with E-state index in [1.54, 1.807) is 0 Å². The zero-order chi connectivity index (χ0) is 17.4. The van der Waals surface area contributed by atoms with Crippen molar-refractivity contribution in [3.05, 3.63) is 12.7 Å². The summed E-state index contributed by atoms with van der Waals surface area (Å²) >= 11 is 0. The van der Waals surface area contributed by atoms with Crippen molar-refractivity contribution in [3.63, 3.8) is 0 Å². The lowest BCUT2D eigenvalue weighted by Gasteiger charge is -2.29. The van der Waals surface area contributed by atoms with Gasteiger partial charge in [0, 0.05) is 24.3 Å². The first-order valence-electron chi connectivity index (χ1n) is 7.86.